The Hall–Kier alpha value is -3.62. The van der Waals surface area contributed by atoms with Crippen LogP contribution in [0.15, 0.2) is 88.2 Å². The van der Waals surface area contributed by atoms with Gasteiger partial charge in [0.1, 0.15) is 11.6 Å². The van der Waals surface area contributed by atoms with Crippen molar-refractivity contribution in [3.63, 3.8) is 0 Å². The van der Waals surface area contributed by atoms with E-state index in [2.05, 4.69) is 22.6 Å². The molecule has 0 fully saturated rings. The highest BCUT2D eigenvalue weighted by molar-refractivity contribution is 8.00. The summed E-state index contributed by atoms with van der Waals surface area (Å²) >= 11 is 3.07. The monoisotopic (exact) mass is 546 g/mol. The molecular weight excluding hydrogens is 519 g/mol. The van der Waals surface area contributed by atoms with Crippen molar-refractivity contribution in [2.75, 3.05) is 7.11 Å². The molecule has 5 rings (SSSR count). The number of carbonyl (C=O) groups excluding carboxylic acids is 1. The number of rotatable bonds is 8. The van der Waals surface area contributed by atoms with E-state index in [1.807, 2.05) is 42.5 Å². The molecule has 3 aromatic carbocycles. The number of oxime groups is 1. The van der Waals surface area contributed by atoms with Gasteiger partial charge in [-0.1, -0.05) is 59.8 Å². The molecule has 1 atom stereocenters. The molecule has 1 amide bonds. The van der Waals surface area contributed by atoms with Crippen molar-refractivity contribution >= 4 is 34.7 Å². The van der Waals surface area contributed by atoms with Crippen LogP contribution in [0.4, 0.5) is 4.39 Å². The van der Waals surface area contributed by atoms with E-state index in [1.165, 1.54) is 29.0 Å². The maximum atomic E-state index is 13.6. The molecule has 0 bridgehead atoms. The predicted molar refractivity (Wildman–Crippen MR) is 150 cm³/mol. The minimum atomic E-state index is -0.337. The van der Waals surface area contributed by atoms with Crippen LogP contribution in [0.1, 0.15) is 49.8 Å². The smallest absolute Gasteiger partial charge is 0.261 e. The lowest BCUT2D eigenvalue weighted by atomic mass is 9.80. The molecule has 0 radical (unpaired) electrons. The third-order valence-corrected chi connectivity index (χ3v) is 9.20. The van der Waals surface area contributed by atoms with Crippen molar-refractivity contribution in [2.45, 2.75) is 35.3 Å². The maximum absolute atomic E-state index is 13.6. The van der Waals surface area contributed by atoms with Gasteiger partial charge in [-0.25, -0.2) is 4.39 Å². The molecule has 4 aromatic rings. The summed E-state index contributed by atoms with van der Waals surface area (Å²) in [5.41, 5.74) is 5.29. The quantitative estimate of drug-likeness (QED) is 0.141. The zero-order chi connectivity index (χ0) is 26.5. The highest BCUT2D eigenvalue weighted by atomic mass is 32.2. The Labute approximate surface area is 229 Å². The van der Waals surface area contributed by atoms with Crippen molar-refractivity contribution < 1.29 is 19.1 Å². The number of carbonyl (C=O) groups is 1. The topological polar surface area (TPSA) is 70.9 Å². The number of benzene rings is 3. The van der Waals surface area contributed by atoms with Gasteiger partial charge >= 0.3 is 0 Å². The molecular formula is C30H27FN2O3S2. The molecule has 1 aliphatic carbocycles. The first-order valence-electron chi connectivity index (χ1n) is 12.3. The second kappa shape index (κ2) is 11.8. The van der Waals surface area contributed by atoms with Crippen LogP contribution in [0.5, 0.6) is 5.75 Å². The lowest BCUT2D eigenvalue weighted by Gasteiger charge is -2.25. The molecule has 194 valence electrons. The summed E-state index contributed by atoms with van der Waals surface area (Å²) in [4.78, 5) is 14.1. The van der Waals surface area contributed by atoms with E-state index in [4.69, 9.17) is 4.74 Å². The molecule has 1 heterocycles. The SMILES string of the molecule is COc1ccc(C2CC(=NO)c3c(SCc4ccccc4)sc(C(=O)NCc4cccc(F)c4)c3C2)cc1. The van der Waals surface area contributed by atoms with Crippen LogP contribution in [0.2, 0.25) is 0 Å². The molecule has 2 N–H and O–H groups in total. The number of hydrogen-bond donors (Lipinski definition) is 2. The number of nitrogens with zero attached hydrogens (tertiary/aromatic N) is 1. The average Bonchev–Trinajstić information content (AvgIpc) is 3.33. The largest absolute Gasteiger partial charge is 0.497 e. The van der Waals surface area contributed by atoms with Gasteiger partial charge in [-0.2, -0.15) is 0 Å². The predicted octanol–water partition coefficient (Wildman–Crippen LogP) is 7.03. The molecule has 1 aromatic heterocycles. The molecule has 0 saturated heterocycles. The summed E-state index contributed by atoms with van der Waals surface area (Å²) in [5.74, 6) is 1.01. The van der Waals surface area contributed by atoms with E-state index in [0.717, 1.165) is 32.4 Å². The molecule has 1 aliphatic rings. The summed E-state index contributed by atoms with van der Waals surface area (Å²) in [5, 5.41) is 16.7. The Bertz CT molecular complexity index is 1450. The Kier molecular flexibility index (Phi) is 8.10. The normalized spacial score (nSPS) is 15.7. The zero-order valence-electron chi connectivity index (χ0n) is 20.8. The van der Waals surface area contributed by atoms with Crippen LogP contribution in [0, 0.1) is 5.82 Å². The van der Waals surface area contributed by atoms with Crippen molar-refractivity contribution in [1.29, 1.82) is 0 Å². The number of fused-ring (bicyclic) bond motifs is 1. The Morgan fingerprint density at radius 2 is 1.84 bits per heavy atom. The number of methoxy groups -OCH3 is 1. The zero-order valence-corrected chi connectivity index (χ0v) is 22.4. The number of amides is 1. The molecule has 8 heteroatoms. The number of nitrogens with one attached hydrogen (secondary N) is 1. The summed E-state index contributed by atoms with van der Waals surface area (Å²) in [7, 11) is 1.63. The van der Waals surface area contributed by atoms with E-state index in [-0.39, 0.29) is 24.2 Å². The minimum absolute atomic E-state index is 0.0515. The number of ether oxygens (including phenoxy) is 1. The van der Waals surface area contributed by atoms with Gasteiger partial charge in [0.2, 0.25) is 0 Å². The fourth-order valence-electron chi connectivity index (χ4n) is 4.70. The second-order valence-corrected chi connectivity index (χ2v) is 11.3. The van der Waals surface area contributed by atoms with Crippen molar-refractivity contribution in [3.05, 3.63) is 117 Å². The third-order valence-electron chi connectivity index (χ3n) is 6.62. The molecule has 0 saturated carbocycles. The minimum Gasteiger partial charge on any atom is -0.497 e. The van der Waals surface area contributed by atoms with E-state index in [0.29, 0.717) is 29.0 Å². The van der Waals surface area contributed by atoms with Crippen LogP contribution in [0.3, 0.4) is 0 Å². The van der Waals surface area contributed by atoms with Crippen LogP contribution in [-0.2, 0) is 18.7 Å². The molecule has 38 heavy (non-hydrogen) atoms. The average molecular weight is 547 g/mol. The lowest BCUT2D eigenvalue weighted by molar-refractivity contribution is 0.0954. The first kappa shape index (κ1) is 26.0. The number of halogens is 1. The maximum Gasteiger partial charge on any atom is 0.261 e. The van der Waals surface area contributed by atoms with E-state index >= 15 is 0 Å². The van der Waals surface area contributed by atoms with Crippen LogP contribution in [-0.4, -0.2) is 23.9 Å². The standard InChI is InChI=1S/C30H27FN2O3S2/c1-36-24-12-10-21(11-13-24)22-15-25-27(26(16-22)33-35)30(37-18-19-6-3-2-4-7-19)38-28(25)29(34)32-17-20-8-5-9-23(31)14-20/h2-14,22,35H,15-18H2,1H3,(H,32,34). The number of hydrogen-bond acceptors (Lipinski definition) is 6. The highest BCUT2D eigenvalue weighted by Crippen LogP contribution is 2.45. The summed E-state index contributed by atoms with van der Waals surface area (Å²) < 4.78 is 19.9. The van der Waals surface area contributed by atoms with Gasteiger partial charge < -0.3 is 15.3 Å². The van der Waals surface area contributed by atoms with Gasteiger partial charge in [0.25, 0.3) is 5.91 Å². The van der Waals surface area contributed by atoms with Gasteiger partial charge in [-0.15, -0.1) is 23.1 Å². The summed E-state index contributed by atoms with van der Waals surface area (Å²) in [6.45, 7) is 0.221. The Morgan fingerprint density at radius 1 is 1.08 bits per heavy atom. The Morgan fingerprint density at radius 3 is 2.55 bits per heavy atom. The van der Waals surface area contributed by atoms with Crippen molar-refractivity contribution in [1.82, 2.24) is 5.32 Å². The fraction of sp³-hybridized carbons (Fsp3) is 0.200. The van der Waals surface area contributed by atoms with Gasteiger partial charge in [0.05, 0.1) is 21.9 Å². The second-order valence-electron chi connectivity index (χ2n) is 9.08. The molecule has 0 aliphatic heterocycles. The van der Waals surface area contributed by atoms with E-state index in [9.17, 15) is 14.4 Å². The van der Waals surface area contributed by atoms with Gasteiger partial charge in [-0.3, -0.25) is 4.79 Å². The first-order chi connectivity index (χ1) is 18.6. The molecule has 5 nitrogen and oxygen atoms in total. The number of thiophene rings is 1. The van der Waals surface area contributed by atoms with Crippen molar-refractivity contribution in [3.8, 4) is 5.75 Å². The van der Waals surface area contributed by atoms with Crippen molar-refractivity contribution in [2.24, 2.45) is 5.16 Å². The van der Waals surface area contributed by atoms with Crippen LogP contribution < -0.4 is 10.1 Å². The van der Waals surface area contributed by atoms with E-state index in [1.54, 1.807) is 31.0 Å². The molecule has 0 spiro atoms. The van der Waals surface area contributed by atoms with E-state index < -0.39 is 0 Å². The fourth-order valence-corrected chi connectivity index (χ4v) is 7.24. The summed E-state index contributed by atoms with van der Waals surface area (Å²) in [6.07, 6.45) is 1.21. The van der Waals surface area contributed by atoms with Gasteiger partial charge in [-0.05, 0) is 58.9 Å². The van der Waals surface area contributed by atoms with Gasteiger partial charge in [0, 0.05) is 24.3 Å². The van der Waals surface area contributed by atoms with Gasteiger partial charge in [0.15, 0.2) is 0 Å². The third kappa shape index (κ3) is 5.76. The lowest BCUT2D eigenvalue weighted by Crippen LogP contribution is -2.25. The highest BCUT2D eigenvalue weighted by Gasteiger charge is 2.34. The van der Waals surface area contributed by atoms with Crippen LogP contribution in [0.25, 0.3) is 0 Å². The first-order valence-corrected chi connectivity index (χ1v) is 14.1. The van der Waals surface area contributed by atoms with Crippen LogP contribution >= 0.6 is 23.1 Å². The summed E-state index contributed by atoms with van der Waals surface area (Å²) in [6, 6.07) is 24.2. The number of thioether (sulfide) groups is 1. The molecule has 1 unspecified atom stereocenters. The Balaban J connectivity index is 1.47.